The molecule has 0 aliphatic rings. The fourth-order valence-electron chi connectivity index (χ4n) is 2.91. The summed E-state index contributed by atoms with van der Waals surface area (Å²) in [4.78, 5) is 0. The van der Waals surface area contributed by atoms with E-state index in [0.717, 1.165) is 22.3 Å². The molecule has 1 N–H and O–H groups in total. The molecule has 0 aromatic heterocycles. The van der Waals surface area contributed by atoms with Crippen molar-refractivity contribution in [3.8, 4) is 23.0 Å². The van der Waals surface area contributed by atoms with Crippen LogP contribution in [0.5, 0.6) is 23.0 Å². The molecule has 0 unspecified atom stereocenters. The molecule has 5 heteroatoms. The van der Waals surface area contributed by atoms with Crippen molar-refractivity contribution < 1.29 is 24.1 Å². The van der Waals surface area contributed by atoms with Gasteiger partial charge in [0.25, 0.3) is 0 Å². The predicted molar refractivity (Wildman–Crippen MR) is 92.6 cm³/mol. The first-order valence-electron chi connectivity index (χ1n) is 7.65. The number of hydrogen-bond donors (Lipinski definition) is 1. The number of aliphatic hydroxyl groups excluding tert-OH is 1. The molecule has 0 saturated carbocycles. The molecule has 2 rings (SSSR count). The van der Waals surface area contributed by atoms with Gasteiger partial charge in [-0.2, -0.15) is 0 Å². The predicted octanol–water partition coefficient (Wildman–Crippen LogP) is 3.11. The van der Waals surface area contributed by atoms with Crippen LogP contribution in [-0.2, 0) is 13.0 Å². The Morgan fingerprint density at radius 1 is 0.792 bits per heavy atom. The van der Waals surface area contributed by atoms with Gasteiger partial charge >= 0.3 is 0 Å². The molecule has 130 valence electrons. The van der Waals surface area contributed by atoms with Gasteiger partial charge in [-0.15, -0.1) is 0 Å². The van der Waals surface area contributed by atoms with Crippen molar-refractivity contribution >= 4 is 0 Å². The molecular formula is C19H24O5. The largest absolute Gasteiger partial charge is 0.492 e. The second-order valence-corrected chi connectivity index (χ2v) is 5.39. The van der Waals surface area contributed by atoms with Crippen LogP contribution < -0.4 is 18.9 Å². The van der Waals surface area contributed by atoms with E-state index < -0.39 is 0 Å². The Bertz CT molecular complexity index is 709. The highest BCUT2D eigenvalue weighted by atomic mass is 16.5. The van der Waals surface area contributed by atoms with Crippen LogP contribution in [0.4, 0.5) is 0 Å². The van der Waals surface area contributed by atoms with E-state index in [2.05, 4.69) is 0 Å². The molecule has 0 aliphatic heterocycles. The number of aliphatic hydroxyl groups is 1. The van der Waals surface area contributed by atoms with Crippen LogP contribution in [-0.4, -0.2) is 33.5 Å². The molecule has 2 aromatic rings. The first kappa shape index (κ1) is 17.9. The summed E-state index contributed by atoms with van der Waals surface area (Å²) in [6.45, 7) is 1.98. The Morgan fingerprint density at radius 2 is 1.33 bits per heavy atom. The molecule has 24 heavy (non-hydrogen) atoms. The summed E-state index contributed by atoms with van der Waals surface area (Å²) >= 11 is 0. The van der Waals surface area contributed by atoms with Crippen LogP contribution in [0.15, 0.2) is 24.3 Å². The molecule has 0 aliphatic carbocycles. The summed E-state index contributed by atoms with van der Waals surface area (Å²) in [6, 6.07) is 7.81. The SMILES string of the molecule is COc1c(C)c(Cc2cccc(CO)c2)c(OC)c(OC)c1OC. The maximum Gasteiger partial charge on any atom is 0.207 e. The number of methoxy groups -OCH3 is 4. The van der Waals surface area contributed by atoms with Gasteiger partial charge in [-0.05, 0) is 18.1 Å². The van der Waals surface area contributed by atoms with Gasteiger partial charge < -0.3 is 24.1 Å². The van der Waals surface area contributed by atoms with Gasteiger partial charge in [0.2, 0.25) is 11.5 Å². The summed E-state index contributed by atoms with van der Waals surface area (Å²) < 4.78 is 22.1. The van der Waals surface area contributed by atoms with Gasteiger partial charge in [-0.3, -0.25) is 0 Å². The highest BCUT2D eigenvalue weighted by Crippen LogP contribution is 2.49. The van der Waals surface area contributed by atoms with Gasteiger partial charge in [0.05, 0.1) is 35.0 Å². The Balaban J connectivity index is 2.63. The molecule has 2 aromatic carbocycles. The van der Waals surface area contributed by atoms with Crippen molar-refractivity contribution in [2.45, 2.75) is 20.0 Å². The minimum absolute atomic E-state index is 0.0131. The van der Waals surface area contributed by atoms with E-state index in [1.807, 2.05) is 31.2 Å². The molecule has 0 heterocycles. The van der Waals surface area contributed by atoms with E-state index in [1.54, 1.807) is 28.4 Å². The summed E-state index contributed by atoms with van der Waals surface area (Å²) in [5.41, 5.74) is 3.83. The van der Waals surface area contributed by atoms with Crippen LogP contribution in [0, 0.1) is 6.92 Å². The molecule has 0 fully saturated rings. The molecular weight excluding hydrogens is 308 g/mol. The van der Waals surface area contributed by atoms with E-state index in [4.69, 9.17) is 18.9 Å². The summed E-state index contributed by atoms with van der Waals surface area (Å²) in [7, 11) is 6.36. The van der Waals surface area contributed by atoms with E-state index in [1.165, 1.54) is 0 Å². The van der Waals surface area contributed by atoms with Crippen molar-refractivity contribution in [1.82, 2.24) is 0 Å². The zero-order chi connectivity index (χ0) is 17.7. The van der Waals surface area contributed by atoms with Crippen molar-refractivity contribution in [2.24, 2.45) is 0 Å². The lowest BCUT2D eigenvalue weighted by atomic mass is 9.96. The maximum atomic E-state index is 9.33. The van der Waals surface area contributed by atoms with E-state index in [0.29, 0.717) is 29.4 Å². The zero-order valence-corrected chi connectivity index (χ0v) is 14.8. The van der Waals surface area contributed by atoms with Gasteiger partial charge in [0.15, 0.2) is 11.5 Å². The zero-order valence-electron chi connectivity index (χ0n) is 14.8. The summed E-state index contributed by atoms with van der Waals surface area (Å²) in [5.74, 6) is 2.28. The lowest BCUT2D eigenvalue weighted by molar-refractivity contribution is 0.281. The second-order valence-electron chi connectivity index (χ2n) is 5.39. The first-order chi connectivity index (χ1) is 11.6. The first-order valence-corrected chi connectivity index (χ1v) is 7.65. The fraction of sp³-hybridized carbons (Fsp3) is 0.368. The molecule has 0 saturated heterocycles. The quantitative estimate of drug-likeness (QED) is 0.844. The van der Waals surface area contributed by atoms with Gasteiger partial charge in [-0.1, -0.05) is 24.3 Å². The summed E-state index contributed by atoms with van der Waals surface area (Å²) in [6.07, 6.45) is 0.625. The van der Waals surface area contributed by atoms with Crippen molar-refractivity contribution in [1.29, 1.82) is 0 Å². The normalized spacial score (nSPS) is 10.4. The Labute approximate surface area is 142 Å². The Morgan fingerprint density at radius 3 is 1.88 bits per heavy atom. The number of hydrogen-bond acceptors (Lipinski definition) is 5. The molecule has 0 atom stereocenters. The van der Waals surface area contributed by atoms with Crippen LogP contribution in [0.25, 0.3) is 0 Å². The number of ether oxygens (including phenoxy) is 4. The lowest BCUT2D eigenvalue weighted by Gasteiger charge is -2.21. The van der Waals surface area contributed by atoms with Crippen LogP contribution in [0.3, 0.4) is 0 Å². The second kappa shape index (κ2) is 7.93. The topological polar surface area (TPSA) is 57.2 Å². The standard InChI is InChI=1S/C19H24O5/c1-12-15(10-13-7-6-8-14(9-13)11-20)17(22-3)19(24-5)18(23-4)16(12)21-2/h6-9,20H,10-11H2,1-5H3. The average Bonchev–Trinajstić information content (AvgIpc) is 2.62. The van der Waals surface area contributed by atoms with Crippen molar-refractivity contribution in [2.75, 3.05) is 28.4 Å². The van der Waals surface area contributed by atoms with Crippen molar-refractivity contribution in [3.63, 3.8) is 0 Å². The lowest BCUT2D eigenvalue weighted by Crippen LogP contribution is -2.05. The van der Waals surface area contributed by atoms with Crippen LogP contribution in [0.1, 0.15) is 22.3 Å². The highest BCUT2D eigenvalue weighted by molar-refractivity contribution is 5.67. The highest BCUT2D eigenvalue weighted by Gasteiger charge is 2.25. The van der Waals surface area contributed by atoms with Gasteiger partial charge in [0, 0.05) is 17.5 Å². The fourth-order valence-corrected chi connectivity index (χ4v) is 2.91. The van der Waals surface area contributed by atoms with Crippen LogP contribution >= 0.6 is 0 Å². The minimum Gasteiger partial charge on any atom is -0.492 e. The smallest absolute Gasteiger partial charge is 0.207 e. The molecule has 0 amide bonds. The van der Waals surface area contributed by atoms with E-state index in [-0.39, 0.29) is 6.61 Å². The van der Waals surface area contributed by atoms with E-state index >= 15 is 0 Å². The maximum absolute atomic E-state index is 9.33. The van der Waals surface area contributed by atoms with Crippen molar-refractivity contribution in [3.05, 3.63) is 46.5 Å². The van der Waals surface area contributed by atoms with Gasteiger partial charge in [0.1, 0.15) is 0 Å². The third-order valence-electron chi connectivity index (χ3n) is 4.06. The number of rotatable bonds is 7. The molecule has 0 spiro atoms. The number of benzene rings is 2. The summed E-state index contributed by atoms with van der Waals surface area (Å²) in [5, 5.41) is 9.33. The molecule has 5 nitrogen and oxygen atoms in total. The Hall–Kier alpha value is -2.40. The monoisotopic (exact) mass is 332 g/mol. The van der Waals surface area contributed by atoms with E-state index in [9.17, 15) is 5.11 Å². The molecule has 0 radical (unpaired) electrons. The third kappa shape index (κ3) is 3.26. The average molecular weight is 332 g/mol. The third-order valence-corrected chi connectivity index (χ3v) is 4.06. The van der Waals surface area contributed by atoms with Crippen LogP contribution in [0.2, 0.25) is 0 Å². The minimum atomic E-state index is 0.0131. The Kier molecular flexibility index (Phi) is 5.93. The van der Waals surface area contributed by atoms with Gasteiger partial charge in [-0.25, -0.2) is 0 Å². The molecule has 0 bridgehead atoms.